The topological polar surface area (TPSA) is 53.8 Å². The van der Waals surface area contributed by atoms with E-state index in [1.165, 1.54) is 5.56 Å². The average Bonchev–Trinajstić information content (AvgIpc) is 2.48. The SMILES string of the molecule is COc1cccc(C(CC2CN(C)CCN2C)NN)c1. The first-order valence-electron chi connectivity index (χ1n) is 7.13. The van der Waals surface area contributed by atoms with Crippen LogP contribution in [-0.4, -0.2) is 56.7 Å². The van der Waals surface area contributed by atoms with Gasteiger partial charge in [0.05, 0.1) is 7.11 Å². The molecule has 5 heteroatoms. The number of methoxy groups -OCH3 is 1. The third-order valence-corrected chi connectivity index (χ3v) is 4.19. The standard InChI is InChI=1S/C15H26N4O/c1-18-7-8-19(2)13(11-18)10-15(17-16)12-5-4-6-14(9-12)20-3/h4-6,9,13,15,17H,7-8,10-11,16H2,1-3H3. The number of hydrazine groups is 1. The molecule has 1 aliphatic rings. The number of rotatable bonds is 5. The Morgan fingerprint density at radius 2 is 2.20 bits per heavy atom. The Morgan fingerprint density at radius 3 is 2.90 bits per heavy atom. The molecule has 2 rings (SSSR count). The summed E-state index contributed by atoms with van der Waals surface area (Å²) >= 11 is 0. The van der Waals surface area contributed by atoms with E-state index in [9.17, 15) is 0 Å². The van der Waals surface area contributed by atoms with Crippen LogP contribution in [-0.2, 0) is 0 Å². The maximum atomic E-state index is 5.77. The van der Waals surface area contributed by atoms with Gasteiger partial charge in [-0.3, -0.25) is 11.3 Å². The van der Waals surface area contributed by atoms with Gasteiger partial charge in [0, 0.05) is 31.7 Å². The summed E-state index contributed by atoms with van der Waals surface area (Å²) in [6.07, 6.45) is 0.991. The van der Waals surface area contributed by atoms with Gasteiger partial charge >= 0.3 is 0 Å². The lowest BCUT2D eigenvalue weighted by molar-refractivity contribution is 0.101. The van der Waals surface area contributed by atoms with Gasteiger partial charge in [-0.25, -0.2) is 0 Å². The lowest BCUT2D eigenvalue weighted by Gasteiger charge is -2.39. The maximum absolute atomic E-state index is 5.77. The molecule has 1 aromatic carbocycles. The summed E-state index contributed by atoms with van der Waals surface area (Å²) in [5.41, 5.74) is 4.13. The summed E-state index contributed by atoms with van der Waals surface area (Å²) in [6, 6.07) is 8.77. The second kappa shape index (κ2) is 7.04. The van der Waals surface area contributed by atoms with E-state index >= 15 is 0 Å². The Kier molecular flexibility index (Phi) is 5.37. The van der Waals surface area contributed by atoms with Crippen molar-refractivity contribution < 1.29 is 4.74 Å². The fourth-order valence-electron chi connectivity index (χ4n) is 2.79. The minimum Gasteiger partial charge on any atom is -0.497 e. The van der Waals surface area contributed by atoms with Crippen molar-refractivity contribution in [1.82, 2.24) is 15.2 Å². The first kappa shape index (κ1) is 15.3. The highest BCUT2D eigenvalue weighted by Gasteiger charge is 2.25. The van der Waals surface area contributed by atoms with Crippen LogP contribution < -0.4 is 16.0 Å². The van der Waals surface area contributed by atoms with E-state index in [2.05, 4.69) is 41.5 Å². The molecule has 1 aliphatic heterocycles. The molecule has 1 heterocycles. The van der Waals surface area contributed by atoms with Crippen LogP contribution in [0.15, 0.2) is 24.3 Å². The highest BCUT2D eigenvalue weighted by atomic mass is 16.5. The average molecular weight is 278 g/mol. The van der Waals surface area contributed by atoms with Gasteiger partial charge in [0.25, 0.3) is 0 Å². The normalized spacial score (nSPS) is 22.7. The molecule has 5 nitrogen and oxygen atoms in total. The van der Waals surface area contributed by atoms with Crippen molar-refractivity contribution >= 4 is 0 Å². The van der Waals surface area contributed by atoms with Gasteiger partial charge < -0.3 is 14.5 Å². The molecule has 1 saturated heterocycles. The lowest BCUT2D eigenvalue weighted by atomic mass is 9.97. The van der Waals surface area contributed by atoms with E-state index in [0.29, 0.717) is 6.04 Å². The number of piperazine rings is 1. The summed E-state index contributed by atoms with van der Waals surface area (Å²) in [5, 5.41) is 0. The molecule has 0 aliphatic carbocycles. The van der Waals surface area contributed by atoms with Crippen molar-refractivity contribution in [1.29, 1.82) is 0 Å². The molecule has 112 valence electrons. The first-order chi connectivity index (χ1) is 9.63. The van der Waals surface area contributed by atoms with Gasteiger partial charge in [-0.05, 0) is 38.2 Å². The molecule has 0 aromatic heterocycles. The van der Waals surface area contributed by atoms with E-state index in [1.54, 1.807) is 7.11 Å². The molecule has 1 fully saturated rings. The molecule has 0 bridgehead atoms. The van der Waals surface area contributed by atoms with Crippen molar-refractivity contribution in [2.45, 2.75) is 18.5 Å². The van der Waals surface area contributed by atoms with E-state index < -0.39 is 0 Å². The zero-order chi connectivity index (χ0) is 14.5. The predicted octanol–water partition coefficient (Wildman–Crippen LogP) is 0.836. The molecular weight excluding hydrogens is 252 g/mol. The van der Waals surface area contributed by atoms with Crippen LogP contribution in [0.25, 0.3) is 0 Å². The minimum atomic E-state index is 0.143. The van der Waals surface area contributed by atoms with E-state index in [1.807, 2.05) is 12.1 Å². The van der Waals surface area contributed by atoms with Crippen molar-refractivity contribution in [3.8, 4) is 5.75 Å². The molecule has 0 radical (unpaired) electrons. The second-order valence-electron chi connectivity index (χ2n) is 5.63. The van der Waals surface area contributed by atoms with Crippen LogP contribution >= 0.6 is 0 Å². The van der Waals surface area contributed by atoms with Crippen molar-refractivity contribution in [2.24, 2.45) is 5.84 Å². The van der Waals surface area contributed by atoms with Crippen LogP contribution in [0, 0.1) is 0 Å². The molecule has 2 atom stereocenters. The molecule has 0 spiro atoms. The zero-order valence-corrected chi connectivity index (χ0v) is 12.7. The Balaban J connectivity index is 2.07. The summed E-state index contributed by atoms with van der Waals surface area (Å²) in [6.45, 7) is 3.32. The Bertz CT molecular complexity index is 426. The van der Waals surface area contributed by atoms with Crippen molar-refractivity contribution in [3.63, 3.8) is 0 Å². The Labute approximate surface area is 121 Å². The molecule has 0 saturated carbocycles. The summed E-state index contributed by atoms with van der Waals surface area (Å²) in [7, 11) is 6.06. The number of nitrogens with zero attached hydrogens (tertiary/aromatic N) is 2. The number of hydrogen-bond donors (Lipinski definition) is 2. The first-order valence-corrected chi connectivity index (χ1v) is 7.13. The minimum absolute atomic E-state index is 0.143. The van der Waals surface area contributed by atoms with Gasteiger partial charge in [0.1, 0.15) is 5.75 Å². The molecule has 3 N–H and O–H groups in total. The Hall–Kier alpha value is -1.14. The summed E-state index contributed by atoms with van der Waals surface area (Å²) in [5.74, 6) is 6.64. The van der Waals surface area contributed by atoms with Gasteiger partial charge in [-0.15, -0.1) is 0 Å². The molecular formula is C15H26N4O. The van der Waals surface area contributed by atoms with Crippen molar-refractivity contribution in [2.75, 3.05) is 40.8 Å². The van der Waals surface area contributed by atoms with Crippen LogP contribution in [0.1, 0.15) is 18.0 Å². The number of likely N-dealkylation sites (N-methyl/N-ethyl adjacent to an activating group) is 2. The highest BCUT2D eigenvalue weighted by molar-refractivity contribution is 5.30. The van der Waals surface area contributed by atoms with E-state index in [-0.39, 0.29) is 6.04 Å². The summed E-state index contributed by atoms with van der Waals surface area (Å²) in [4.78, 5) is 4.80. The smallest absolute Gasteiger partial charge is 0.119 e. The fourth-order valence-corrected chi connectivity index (χ4v) is 2.79. The van der Waals surface area contributed by atoms with Crippen LogP contribution in [0.4, 0.5) is 0 Å². The van der Waals surface area contributed by atoms with E-state index in [4.69, 9.17) is 10.6 Å². The van der Waals surface area contributed by atoms with Crippen LogP contribution in [0.3, 0.4) is 0 Å². The third-order valence-electron chi connectivity index (χ3n) is 4.19. The maximum Gasteiger partial charge on any atom is 0.119 e. The molecule has 2 unspecified atom stereocenters. The fraction of sp³-hybridized carbons (Fsp3) is 0.600. The number of nitrogens with two attached hydrogens (primary N) is 1. The second-order valence-corrected chi connectivity index (χ2v) is 5.63. The molecule has 1 aromatic rings. The Morgan fingerprint density at radius 1 is 1.40 bits per heavy atom. The van der Waals surface area contributed by atoms with Gasteiger partial charge in [-0.2, -0.15) is 0 Å². The van der Waals surface area contributed by atoms with E-state index in [0.717, 1.165) is 31.8 Å². The monoisotopic (exact) mass is 278 g/mol. The summed E-state index contributed by atoms with van der Waals surface area (Å²) < 4.78 is 5.29. The molecule has 0 amide bonds. The zero-order valence-electron chi connectivity index (χ0n) is 12.7. The van der Waals surface area contributed by atoms with Gasteiger partial charge in [0.15, 0.2) is 0 Å². The van der Waals surface area contributed by atoms with Crippen LogP contribution in [0.2, 0.25) is 0 Å². The number of nitrogens with one attached hydrogen (secondary N) is 1. The van der Waals surface area contributed by atoms with Gasteiger partial charge in [-0.1, -0.05) is 12.1 Å². The van der Waals surface area contributed by atoms with Gasteiger partial charge in [0.2, 0.25) is 0 Å². The predicted molar refractivity (Wildman–Crippen MR) is 81.6 cm³/mol. The quantitative estimate of drug-likeness (QED) is 0.617. The lowest BCUT2D eigenvalue weighted by Crippen LogP contribution is -2.51. The van der Waals surface area contributed by atoms with Crippen LogP contribution in [0.5, 0.6) is 5.75 Å². The highest BCUT2D eigenvalue weighted by Crippen LogP contribution is 2.24. The number of benzene rings is 1. The number of hydrogen-bond acceptors (Lipinski definition) is 5. The van der Waals surface area contributed by atoms with Crippen molar-refractivity contribution in [3.05, 3.63) is 29.8 Å². The number of ether oxygens (including phenoxy) is 1. The largest absolute Gasteiger partial charge is 0.497 e. The third kappa shape index (κ3) is 3.70. The molecule has 20 heavy (non-hydrogen) atoms.